The summed E-state index contributed by atoms with van der Waals surface area (Å²) < 4.78 is 1.00. The number of carbonyl (C=O) groups excluding carboxylic acids is 1. The van der Waals surface area contributed by atoms with Gasteiger partial charge in [0.15, 0.2) is 5.69 Å². The van der Waals surface area contributed by atoms with Crippen LogP contribution in [0.15, 0.2) is 51.4 Å². The smallest absolute Gasteiger partial charge is 0.291 e. The van der Waals surface area contributed by atoms with E-state index in [9.17, 15) is 9.90 Å². The van der Waals surface area contributed by atoms with Crippen LogP contribution in [0.1, 0.15) is 16.1 Å². The highest BCUT2D eigenvalue weighted by Crippen LogP contribution is 2.30. The van der Waals surface area contributed by atoms with Crippen LogP contribution in [0.25, 0.3) is 10.6 Å². The summed E-state index contributed by atoms with van der Waals surface area (Å²) in [6.45, 7) is 0. The van der Waals surface area contributed by atoms with Crippen molar-refractivity contribution in [3.05, 3.63) is 57.5 Å². The summed E-state index contributed by atoms with van der Waals surface area (Å²) in [7, 11) is 0. The van der Waals surface area contributed by atoms with Crippen LogP contribution >= 0.6 is 27.3 Å². The molecule has 23 heavy (non-hydrogen) atoms. The molecule has 0 saturated heterocycles. The van der Waals surface area contributed by atoms with Crippen molar-refractivity contribution in [2.24, 2.45) is 5.10 Å². The molecule has 0 radical (unpaired) electrons. The Bertz CT molecular complexity index is 872. The molecule has 2 aromatic heterocycles. The maximum atomic E-state index is 12.0. The number of phenolic OH excluding ortho intramolecular Hbond substituents is 1. The first-order chi connectivity index (χ1) is 11.1. The summed E-state index contributed by atoms with van der Waals surface area (Å²) in [5, 5.41) is 20.2. The van der Waals surface area contributed by atoms with Gasteiger partial charge in [-0.2, -0.15) is 10.2 Å². The summed E-state index contributed by atoms with van der Waals surface area (Å²) in [6, 6.07) is 12.2. The van der Waals surface area contributed by atoms with Gasteiger partial charge in [-0.05, 0) is 46.3 Å². The molecular weight excluding hydrogens is 380 g/mol. The number of hydrazone groups is 1. The molecule has 0 spiro atoms. The number of nitrogens with one attached hydrogen (secondary N) is 2. The third kappa shape index (κ3) is 3.66. The number of amides is 1. The molecule has 8 heteroatoms. The fraction of sp³-hybridized carbons (Fsp3) is 0. The van der Waals surface area contributed by atoms with E-state index in [1.807, 2.05) is 12.1 Å². The van der Waals surface area contributed by atoms with Crippen LogP contribution in [0.3, 0.4) is 0 Å². The Morgan fingerprint density at radius 1 is 1.35 bits per heavy atom. The molecule has 0 saturated carbocycles. The Morgan fingerprint density at radius 2 is 2.17 bits per heavy atom. The number of nitrogens with zero attached hydrogens (tertiary/aromatic N) is 2. The Balaban J connectivity index is 1.67. The molecule has 3 rings (SSSR count). The quantitative estimate of drug-likeness (QED) is 0.471. The molecule has 3 aromatic rings. The number of benzene rings is 1. The molecule has 0 fully saturated rings. The second kappa shape index (κ2) is 6.76. The Labute approximate surface area is 144 Å². The summed E-state index contributed by atoms with van der Waals surface area (Å²) in [4.78, 5) is 13.0. The molecule has 0 aliphatic carbocycles. The van der Waals surface area contributed by atoms with Crippen LogP contribution < -0.4 is 5.43 Å². The second-order valence-corrected chi connectivity index (χ2v) is 6.99. The summed E-state index contributed by atoms with van der Waals surface area (Å²) in [6.07, 6.45) is 1.37. The zero-order chi connectivity index (χ0) is 16.2. The third-order valence-corrected chi connectivity index (χ3v) is 4.61. The summed E-state index contributed by atoms with van der Waals surface area (Å²) in [5.74, 6) is -0.342. The molecule has 0 aliphatic rings. The van der Waals surface area contributed by atoms with Gasteiger partial charge in [-0.1, -0.05) is 12.1 Å². The van der Waals surface area contributed by atoms with E-state index >= 15 is 0 Å². The van der Waals surface area contributed by atoms with Gasteiger partial charge in [0.05, 0.1) is 20.6 Å². The summed E-state index contributed by atoms with van der Waals surface area (Å²) in [5.41, 5.74) is 3.88. The number of halogens is 1. The van der Waals surface area contributed by atoms with Crippen molar-refractivity contribution in [2.75, 3.05) is 0 Å². The molecule has 0 atom stereocenters. The number of aromatic hydroxyl groups is 1. The van der Waals surface area contributed by atoms with Gasteiger partial charge in [-0.3, -0.25) is 9.89 Å². The number of phenols is 1. The molecule has 3 N–H and O–H groups in total. The van der Waals surface area contributed by atoms with Crippen molar-refractivity contribution in [3.8, 4) is 16.3 Å². The Kier molecular flexibility index (Phi) is 4.54. The van der Waals surface area contributed by atoms with Crippen molar-refractivity contribution in [1.82, 2.24) is 15.6 Å². The van der Waals surface area contributed by atoms with Crippen LogP contribution in [0.4, 0.5) is 0 Å². The van der Waals surface area contributed by atoms with Crippen LogP contribution in [-0.2, 0) is 0 Å². The lowest BCUT2D eigenvalue weighted by molar-refractivity contribution is 0.0950. The number of hydrogen-bond acceptors (Lipinski definition) is 5. The predicted octanol–water partition coefficient (Wildman–Crippen LogP) is 3.37. The largest absolute Gasteiger partial charge is 0.507 e. The normalized spacial score (nSPS) is 11.0. The van der Waals surface area contributed by atoms with Crippen molar-refractivity contribution in [3.63, 3.8) is 0 Å². The number of para-hydroxylation sites is 1. The monoisotopic (exact) mass is 390 g/mol. The Morgan fingerprint density at radius 3 is 2.91 bits per heavy atom. The lowest BCUT2D eigenvalue weighted by atomic mass is 10.2. The SMILES string of the molecule is O=C(N/N=C/c1ccccc1O)c1cc(-c2ccc(Br)s2)[nH]n1. The first kappa shape index (κ1) is 15.4. The van der Waals surface area contributed by atoms with Crippen molar-refractivity contribution in [1.29, 1.82) is 0 Å². The van der Waals surface area contributed by atoms with E-state index in [1.54, 1.807) is 30.3 Å². The molecule has 1 aromatic carbocycles. The maximum Gasteiger partial charge on any atom is 0.291 e. The zero-order valence-corrected chi connectivity index (χ0v) is 14.1. The molecule has 2 heterocycles. The third-order valence-electron chi connectivity index (χ3n) is 2.96. The van der Waals surface area contributed by atoms with E-state index in [4.69, 9.17) is 0 Å². The summed E-state index contributed by atoms with van der Waals surface area (Å²) >= 11 is 4.93. The van der Waals surface area contributed by atoms with Gasteiger partial charge in [0.1, 0.15) is 5.75 Å². The van der Waals surface area contributed by atoms with E-state index in [2.05, 4.69) is 36.7 Å². The average molecular weight is 391 g/mol. The zero-order valence-electron chi connectivity index (χ0n) is 11.7. The molecule has 6 nitrogen and oxygen atoms in total. The minimum Gasteiger partial charge on any atom is -0.507 e. The average Bonchev–Trinajstić information content (AvgIpc) is 3.18. The topological polar surface area (TPSA) is 90.4 Å². The molecule has 0 bridgehead atoms. The highest BCUT2D eigenvalue weighted by Gasteiger charge is 2.11. The fourth-order valence-corrected chi connectivity index (χ4v) is 3.19. The van der Waals surface area contributed by atoms with E-state index in [0.29, 0.717) is 5.56 Å². The molecular formula is C15H11BrN4O2S. The van der Waals surface area contributed by atoms with Gasteiger partial charge in [-0.15, -0.1) is 11.3 Å². The minimum absolute atomic E-state index is 0.0934. The number of carbonyl (C=O) groups is 1. The van der Waals surface area contributed by atoms with Gasteiger partial charge in [0.2, 0.25) is 0 Å². The standard InChI is InChI=1S/C15H11BrN4O2S/c16-14-6-5-13(23-14)10-7-11(19-18-10)15(22)20-17-8-9-3-1-2-4-12(9)21/h1-8,21H,(H,18,19)(H,20,22)/b17-8+. The fourth-order valence-electron chi connectivity index (χ4n) is 1.84. The van der Waals surface area contributed by atoms with Crippen LogP contribution in [0, 0.1) is 0 Å². The predicted molar refractivity (Wildman–Crippen MR) is 92.8 cm³/mol. The second-order valence-electron chi connectivity index (χ2n) is 4.53. The van der Waals surface area contributed by atoms with Gasteiger partial charge < -0.3 is 5.11 Å². The van der Waals surface area contributed by atoms with E-state index in [1.165, 1.54) is 17.6 Å². The first-order valence-electron chi connectivity index (χ1n) is 6.56. The van der Waals surface area contributed by atoms with Gasteiger partial charge in [-0.25, -0.2) is 5.43 Å². The number of aromatic nitrogens is 2. The van der Waals surface area contributed by atoms with E-state index < -0.39 is 5.91 Å². The molecule has 0 unspecified atom stereocenters. The number of rotatable bonds is 4. The van der Waals surface area contributed by atoms with Crippen LogP contribution in [0.5, 0.6) is 5.75 Å². The molecule has 0 aliphatic heterocycles. The van der Waals surface area contributed by atoms with Crippen molar-refractivity contribution < 1.29 is 9.90 Å². The maximum absolute atomic E-state index is 12.0. The number of thiophene rings is 1. The number of aromatic amines is 1. The lowest BCUT2D eigenvalue weighted by Gasteiger charge is -1.97. The Hall–Kier alpha value is -2.45. The number of H-pyrrole nitrogens is 1. The molecule has 116 valence electrons. The van der Waals surface area contributed by atoms with Crippen LogP contribution in [-0.4, -0.2) is 27.4 Å². The number of hydrogen-bond donors (Lipinski definition) is 3. The van der Waals surface area contributed by atoms with Crippen molar-refractivity contribution in [2.45, 2.75) is 0 Å². The first-order valence-corrected chi connectivity index (χ1v) is 8.17. The highest BCUT2D eigenvalue weighted by molar-refractivity contribution is 9.11. The van der Waals surface area contributed by atoms with E-state index in [0.717, 1.165) is 14.4 Å². The minimum atomic E-state index is -0.435. The molecule has 1 amide bonds. The van der Waals surface area contributed by atoms with Gasteiger partial charge >= 0.3 is 0 Å². The van der Waals surface area contributed by atoms with Gasteiger partial charge in [0.25, 0.3) is 5.91 Å². The lowest BCUT2D eigenvalue weighted by Crippen LogP contribution is -2.18. The highest BCUT2D eigenvalue weighted by atomic mass is 79.9. The van der Waals surface area contributed by atoms with Crippen LogP contribution in [0.2, 0.25) is 0 Å². The van der Waals surface area contributed by atoms with Gasteiger partial charge in [0, 0.05) is 5.56 Å². The van der Waals surface area contributed by atoms with E-state index in [-0.39, 0.29) is 11.4 Å². The van der Waals surface area contributed by atoms with Crippen molar-refractivity contribution >= 4 is 39.4 Å².